The van der Waals surface area contributed by atoms with Crippen LogP contribution in [0.2, 0.25) is 0 Å². The summed E-state index contributed by atoms with van der Waals surface area (Å²) in [7, 11) is 1.82. The number of hydrogen-bond acceptors (Lipinski definition) is 3. The Bertz CT molecular complexity index is 791. The van der Waals surface area contributed by atoms with E-state index in [1.165, 1.54) is 5.56 Å². The van der Waals surface area contributed by atoms with E-state index in [1.54, 1.807) is 21.6 Å². The lowest BCUT2D eigenvalue weighted by Crippen LogP contribution is -2.38. The molecule has 0 fully saturated rings. The summed E-state index contributed by atoms with van der Waals surface area (Å²) in [5.74, 6) is 0.550. The zero-order valence-electron chi connectivity index (χ0n) is 14.6. The first-order chi connectivity index (χ1) is 12.1. The van der Waals surface area contributed by atoms with Crippen LogP contribution in [-0.2, 0) is 16.1 Å². The van der Waals surface area contributed by atoms with Gasteiger partial charge in [-0.05, 0) is 30.2 Å². The van der Waals surface area contributed by atoms with Gasteiger partial charge < -0.3 is 9.80 Å². The first kappa shape index (κ1) is 17.5. The average Bonchev–Trinajstić information content (AvgIpc) is 2.62. The molecule has 4 nitrogen and oxygen atoms in total. The predicted octanol–water partition coefficient (Wildman–Crippen LogP) is 3.48. The minimum absolute atomic E-state index is 0.0479. The Balaban J connectivity index is 1.62. The van der Waals surface area contributed by atoms with Gasteiger partial charge in [-0.2, -0.15) is 0 Å². The fraction of sp³-hybridized carbons (Fsp3) is 0.300. The molecular formula is C20H22N2O2S. The van der Waals surface area contributed by atoms with Gasteiger partial charge in [-0.1, -0.05) is 36.4 Å². The minimum atomic E-state index is 0.0479. The third-order valence-corrected chi connectivity index (χ3v) is 5.50. The quantitative estimate of drug-likeness (QED) is 0.825. The number of thioether (sulfide) groups is 1. The van der Waals surface area contributed by atoms with Crippen molar-refractivity contribution >= 4 is 29.3 Å². The van der Waals surface area contributed by atoms with Crippen molar-refractivity contribution in [3.05, 3.63) is 59.7 Å². The van der Waals surface area contributed by atoms with Crippen molar-refractivity contribution in [3.63, 3.8) is 0 Å². The maximum Gasteiger partial charge on any atom is 0.237 e. The number of fused-ring (bicyclic) bond motifs is 1. The molecule has 2 aromatic carbocycles. The SMILES string of the molecule is Cc1ccccc1CN(C)C(=O)CCN1C(=O)CSc2ccccc21. The van der Waals surface area contributed by atoms with E-state index in [0.717, 1.165) is 16.1 Å². The fourth-order valence-corrected chi connectivity index (χ4v) is 3.86. The lowest BCUT2D eigenvalue weighted by Gasteiger charge is -2.29. The zero-order chi connectivity index (χ0) is 17.8. The van der Waals surface area contributed by atoms with Crippen molar-refractivity contribution < 1.29 is 9.59 Å². The number of carbonyl (C=O) groups excluding carboxylic acids is 2. The van der Waals surface area contributed by atoms with E-state index in [2.05, 4.69) is 13.0 Å². The Kier molecular flexibility index (Phi) is 5.43. The molecule has 0 atom stereocenters. The molecule has 0 unspecified atom stereocenters. The van der Waals surface area contributed by atoms with E-state index >= 15 is 0 Å². The third kappa shape index (κ3) is 4.04. The van der Waals surface area contributed by atoms with Crippen molar-refractivity contribution in [1.29, 1.82) is 0 Å². The fourth-order valence-electron chi connectivity index (χ4n) is 2.93. The maximum absolute atomic E-state index is 12.5. The van der Waals surface area contributed by atoms with Gasteiger partial charge in [-0.25, -0.2) is 0 Å². The van der Waals surface area contributed by atoms with Crippen LogP contribution in [0, 0.1) is 6.92 Å². The number of nitrogens with zero attached hydrogens (tertiary/aromatic N) is 2. The van der Waals surface area contributed by atoms with Gasteiger partial charge in [0.05, 0.1) is 11.4 Å². The molecule has 2 amide bonds. The van der Waals surface area contributed by atoms with Crippen LogP contribution in [0.5, 0.6) is 0 Å². The molecule has 0 radical (unpaired) electrons. The van der Waals surface area contributed by atoms with E-state index in [9.17, 15) is 9.59 Å². The summed E-state index contributed by atoms with van der Waals surface area (Å²) in [6, 6.07) is 15.9. The number of benzene rings is 2. The van der Waals surface area contributed by atoms with Crippen LogP contribution in [0.25, 0.3) is 0 Å². The van der Waals surface area contributed by atoms with Gasteiger partial charge in [0.1, 0.15) is 0 Å². The summed E-state index contributed by atoms with van der Waals surface area (Å²) in [4.78, 5) is 29.3. The highest BCUT2D eigenvalue weighted by Crippen LogP contribution is 2.34. The standard InChI is InChI=1S/C20H22N2O2S/c1-15-7-3-4-8-16(15)13-21(2)19(23)11-12-22-17-9-5-6-10-18(17)25-14-20(22)24/h3-10H,11-14H2,1-2H3. The minimum Gasteiger partial charge on any atom is -0.341 e. The van der Waals surface area contributed by atoms with Crippen LogP contribution in [0.15, 0.2) is 53.4 Å². The first-order valence-electron chi connectivity index (χ1n) is 8.37. The van der Waals surface area contributed by atoms with Crippen LogP contribution in [-0.4, -0.2) is 36.1 Å². The van der Waals surface area contributed by atoms with Gasteiger partial charge in [0.25, 0.3) is 0 Å². The number of aryl methyl sites for hydroxylation is 1. The van der Waals surface area contributed by atoms with E-state index in [-0.39, 0.29) is 11.8 Å². The average molecular weight is 354 g/mol. The summed E-state index contributed by atoms with van der Waals surface area (Å²) in [5.41, 5.74) is 3.24. The van der Waals surface area contributed by atoms with E-state index in [0.29, 0.717) is 25.3 Å². The zero-order valence-corrected chi connectivity index (χ0v) is 15.4. The molecule has 0 bridgehead atoms. The maximum atomic E-state index is 12.5. The number of para-hydroxylation sites is 1. The van der Waals surface area contributed by atoms with E-state index < -0.39 is 0 Å². The van der Waals surface area contributed by atoms with Crippen LogP contribution in [0.4, 0.5) is 5.69 Å². The van der Waals surface area contributed by atoms with Crippen LogP contribution in [0.1, 0.15) is 17.5 Å². The van der Waals surface area contributed by atoms with Crippen LogP contribution < -0.4 is 4.90 Å². The molecule has 0 aliphatic carbocycles. The summed E-state index contributed by atoms with van der Waals surface area (Å²) in [6.07, 6.45) is 0.327. The number of rotatable bonds is 5. The lowest BCUT2D eigenvalue weighted by atomic mass is 10.1. The second kappa shape index (κ2) is 7.74. The Labute approximate surface area is 152 Å². The van der Waals surface area contributed by atoms with Crippen LogP contribution in [0.3, 0.4) is 0 Å². The monoisotopic (exact) mass is 354 g/mol. The molecule has 1 aliphatic rings. The van der Waals surface area contributed by atoms with Gasteiger partial charge in [0.15, 0.2) is 0 Å². The Morgan fingerprint density at radius 2 is 1.88 bits per heavy atom. The molecule has 0 saturated carbocycles. The van der Waals surface area contributed by atoms with Gasteiger partial charge in [0, 0.05) is 31.5 Å². The molecule has 0 N–H and O–H groups in total. The topological polar surface area (TPSA) is 40.6 Å². The van der Waals surface area contributed by atoms with E-state index in [1.807, 2.05) is 49.5 Å². The highest BCUT2D eigenvalue weighted by Gasteiger charge is 2.25. The molecular weight excluding hydrogens is 332 g/mol. The Hall–Kier alpha value is -2.27. The molecule has 25 heavy (non-hydrogen) atoms. The molecule has 0 aromatic heterocycles. The molecule has 2 aromatic rings. The number of anilines is 1. The van der Waals surface area contributed by atoms with Crippen LogP contribution >= 0.6 is 11.8 Å². The number of amides is 2. The summed E-state index contributed by atoms with van der Waals surface area (Å²) < 4.78 is 0. The highest BCUT2D eigenvalue weighted by atomic mass is 32.2. The molecule has 3 rings (SSSR count). The smallest absolute Gasteiger partial charge is 0.237 e. The van der Waals surface area contributed by atoms with Crippen molar-refractivity contribution in [2.75, 3.05) is 24.2 Å². The van der Waals surface area contributed by atoms with Crippen molar-refractivity contribution in [2.24, 2.45) is 0 Å². The largest absolute Gasteiger partial charge is 0.341 e. The molecule has 0 spiro atoms. The second-order valence-electron chi connectivity index (χ2n) is 6.23. The number of hydrogen-bond donors (Lipinski definition) is 0. The lowest BCUT2D eigenvalue weighted by molar-refractivity contribution is -0.130. The summed E-state index contributed by atoms with van der Waals surface area (Å²) >= 11 is 1.56. The van der Waals surface area contributed by atoms with Crippen molar-refractivity contribution in [1.82, 2.24) is 4.90 Å². The third-order valence-electron chi connectivity index (χ3n) is 4.45. The van der Waals surface area contributed by atoms with Gasteiger partial charge in [0.2, 0.25) is 11.8 Å². The van der Waals surface area contributed by atoms with Gasteiger partial charge >= 0.3 is 0 Å². The normalized spacial score (nSPS) is 13.5. The second-order valence-corrected chi connectivity index (χ2v) is 7.25. The summed E-state index contributed by atoms with van der Waals surface area (Å²) in [6.45, 7) is 3.06. The highest BCUT2D eigenvalue weighted by molar-refractivity contribution is 8.00. The summed E-state index contributed by atoms with van der Waals surface area (Å²) in [5, 5.41) is 0. The van der Waals surface area contributed by atoms with Crippen molar-refractivity contribution in [3.8, 4) is 0 Å². The predicted molar refractivity (Wildman–Crippen MR) is 102 cm³/mol. The Morgan fingerprint density at radius 1 is 1.16 bits per heavy atom. The molecule has 1 aliphatic heterocycles. The number of carbonyl (C=O) groups is 2. The molecule has 130 valence electrons. The first-order valence-corrected chi connectivity index (χ1v) is 9.35. The van der Waals surface area contributed by atoms with Crippen molar-refractivity contribution in [2.45, 2.75) is 24.8 Å². The molecule has 5 heteroatoms. The molecule has 0 saturated heterocycles. The van der Waals surface area contributed by atoms with E-state index in [4.69, 9.17) is 0 Å². The van der Waals surface area contributed by atoms with Gasteiger partial charge in [-0.15, -0.1) is 11.8 Å². The van der Waals surface area contributed by atoms with Gasteiger partial charge in [-0.3, -0.25) is 9.59 Å². The molecule has 1 heterocycles. The Morgan fingerprint density at radius 3 is 2.68 bits per heavy atom.